The van der Waals surface area contributed by atoms with E-state index < -0.39 is 61.5 Å². The van der Waals surface area contributed by atoms with Crippen molar-refractivity contribution in [3.05, 3.63) is 30.1 Å². The SMILES string of the molecule is [2H]C1([2H])CC(c2ccccn2)(C(C#N)C(=O)O)CC2(CC([2H])([2H])C([2H])([2H])C2)O1. The van der Waals surface area contributed by atoms with Gasteiger partial charge in [0.15, 0.2) is 5.92 Å². The highest BCUT2D eigenvalue weighted by atomic mass is 16.5. The molecule has 1 aromatic rings. The minimum atomic E-state index is -2.39. The van der Waals surface area contributed by atoms with Gasteiger partial charge in [-0.15, -0.1) is 0 Å². The van der Waals surface area contributed by atoms with E-state index in [1.54, 1.807) is 18.2 Å². The molecule has 1 spiro atoms. The van der Waals surface area contributed by atoms with Crippen LogP contribution in [0.4, 0.5) is 0 Å². The molecule has 22 heavy (non-hydrogen) atoms. The van der Waals surface area contributed by atoms with Gasteiger partial charge in [0.05, 0.1) is 14.4 Å². The number of carbonyl (C=O) groups is 1. The van der Waals surface area contributed by atoms with Gasteiger partial charge in [0, 0.05) is 29.3 Å². The molecular weight excluding hydrogens is 280 g/mol. The first-order chi connectivity index (χ1) is 12.8. The van der Waals surface area contributed by atoms with Gasteiger partial charge in [-0.1, -0.05) is 18.8 Å². The van der Waals surface area contributed by atoms with Crippen molar-refractivity contribution in [2.45, 2.75) is 49.4 Å². The summed E-state index contributed by atoms with van der Waals surface area (Å²) in [4.78, 5) is 16.1. The predicted molar refractivity (Wildman–Crippen MR) is 79.0 cm³/mol. The highest BCUT2D eigenvalue weighted by Crippen LogP contribution is 2.51. The molecule has 2 atom stereocenters. The Bertz CT molecular complexity index is 810. The zero-order valence-electron chi connectivity index (χ0n) is 17.9. The molecule has 1 aromatic heterocycles. The number of carboxylic acid groups (broad SMARTS) is 1. The summed E-state index contributed by atoms with van der Waals surface area (Å²) < 4.78 is 54.3. The van der Waals surface area contributed by atoms with Crippen molar-refractivity contribution in [2.24, 2.45) is 5.92 Å². The van der Waals surface area contributed by atoms with E-state index >= 15 is 0 Å². The Kier molecular flexibility index (Phi) is 2.40. The third-order valence-electron chi connectivity index (χ3n) is 4.36. The molecule has 1 aliphatic heterocycles. The fourth-order valence-corrected chi connectivity index (χ4v) is 3.30. The number of nitriles is 1. The fraction of sp³-hybridized carbons (Fsp3) is 0.588. The summed E-state index contributed by atoms with van der Waals surface area (Å²) >= 11 is 0. The summed E-state index contributed by atoms with van der Waals surface area (Å²) in [6.45, 7) is -2.39. The van der Waals surface area contributed by atoms with Crippen molar-refractivity contribution >= 4 is 5.97 Å². The summed E-state index contributed by atoms with van der Waals surface area (Å²) in [6, 6.07) is 6.47. The third kappa shape index (κ3) is 2.38. The number of rotatable bonds is 3. The molecule has 0 aromatic carbocycles. The van der Waals surface area contributed by atoms with Crippen molar-refractivity contribution < 1.29 is 22.9 Å². The first-order valence-corrected chi connectivity index (χ1v) is 7.02. The molecule has 0 amide bonds. The lowest BCUT2D eigenvalue weighted by Gasteiger charge is -2.47. The zero-order valence-corrected chi connectivity index (χ0v) is 11.9. The van der Waals surface area contributed by atoms with E-state index in [4.69, 9.17) is 13.0 Å². The molecular formula is C17H20N2O3. The van der Waals surface area contributed by atoms with Crippen molar-refractivity contribution in [1.82, 2.24) is 4.98 Å². The van der Waals surface area contributed by atoms with Crippen LogP contribution in [0.25, 0.3) is 0 Å². The number of carboxylic acids is 1. The molecule has 0 bridgehead atoms. The fourth-order valence-electron chi connectivity index (χ4n) is 3.30. The number of pyridine rings is 1. The number of hydrogen-bond donors (Lipinski definition) is 1. The van der Waals surface area contributed by atoms with Crippen LogP contribution in [-0.2, 0) is 14.9 Å². The molecule has 1 N–H and O–H groups in total. The van der Waals surface area contributed by atoms with Crippen molar-refractivity contribution in [3.8, 4) is 6.07 Å². The van der Waals surface area contributed by atoms with Crippen LogP contribution in [0, 0.1) is 17.2 Å². The molecule has 1 saturated heterocycles. The Morgan fingerprint density at radius 1 is 1.45 bits per heavy atom. The number of nitrogens with zero attached hydrogens (tertiary/aromatic N) is 2. The van der Waals surface area contributed by atoms with Crippen LogP contribution in [0.2, 0.25) is 0 Å². The quantitative estimate of drug-likeness (QED) is 0.928. The summed E-state index contributed by atoms with van der Waals surface area (Å²) in [7, 11) is 0. The van der Waals surface area contributed by atoms with Gasteiger partial charge >= 0.3 is 5.97 Å². The molecule has 2 unspecified atom stereocenters. The Morgan fingerprint density at radius 2 is 2.23 bits per heavy atom. The van der Waals surface area contributed by atoms with Crippen molar-refractivity contribution in [1.29, 1.82) is 5.26 Å². The number of aromatic nitrogens is 1. The van der Waals surface area contributed by atoms with Crippen molar-refractivity contribution in [2.75, 3.05) is 6.56 Å². The molecule has 3 rings (SSSR count). The second kappa shape index (κ2) is 5.69. The third-order valence-corrected chi connectivity index (χ3v) is 4.36. The number of ether oxygens (including phenoxy) is 1. The summed E-state index contributed by atoms with van der Waals surface area (Å²) in [5, 5.41) is 19.3. The minimum Gasteiger partial charge on any atom is -0.480 e. The van der Waals surface area contributed by atoms with Gasteiger partial charge in [0.2, 0.25) is 0 Å². The lowest BCUT2D eigenvalue weighted by Crippen LogP contribution is -2.51. The topological polar surface area (TPSA) is 83.2 Å². The van der Waals surface area contributed by atoms with Crippen LogP contribution in [0.1, 0.15) is 52.3 Å². The molecule has 2 heterocycles. The van der Waals surface area contributed by atoms with Gasteiger partial charge in [0.1, 0.15) is 0 Å². The van der Waals surface area contributed by atoms with Gasteiger partial charge in [-0.3, -0.25) is 9.78 Å². The molecule has 1 aliphatic carbocycles. The summed E-state index contributed by atoms with van der Waals surface area (Å²) in [5.41, 5.74) is -3.00. The minimum absolute atomic E-state index is 0.198. The van der Waals surface area contributed by atoms with Crippen LogP contribution >= 0.6 is 0 Å². The maximum atomic E-state index is 11.9. The molecule has 5 heteroatoms. The summed E-state index contributed by atoms with van der Waals surface area (Å²) in [6.07, 6.45) is -4.74. The largest absolute Gasteiger partial charge is 0.480 e. The zero-order chi connectivity index (χ0) is 21.0. The van der Waals surface area contributed by atoms with E-state index in [0.29, 0.717) is 0 Å². The monoisotopic (exact) mass is 306 g/mol. The standard InChI is InChI=1S/C17H20N2O3/c18-11-13(15(20)21)17(14-5-1-4-9-19-14)8-10-22-16(12-17)6-2-3-7-16/h1,4-5,9,13H,2-3,6-8,10,12H2,(H,20,21)/i2D2,3D2,10D2. The van der Waals surface area contributed by atoms with E-state index in [9.17, 15) is 15.2 Å². The van der Waals surface area contributed by atoms with E-state index in [0.717, 1.165) is 0 Å². The lowest BCUT2D eigenvalue weighted by atomic mass is 9.63. The van der Waals surface area contributed by atoms with E-state index in [-0.39, 0.29) is 12.1 Å². The van der Waals surface area contributed by atoms with Crippen LogP contribution in [0.15, 0.2) is 24.4 Å². The van der Waals surface area contributed by atoms with Gasteiger partial charge in [-0.2, -0.15) is 5.26 Å². The van der Waals surface area contributed by atoms with Crippen LogP contribution in [0.3, 0.4) is 0 Å². The maximum Gasteiger partial charge on any atom is 0.321 e. The smallest absolute Gasteiger partial charge is 0.321 e. The molecule has 2 fully saturated rings. The first-order valence-electron chi connectivity index (χ1n) is 10.0. The Hall–Kier alpha value is -1.93. The lowest BCUT2D eigenvalue weighted by molar-refractivity contribution is -0.149. The normalized spacial score (nSPS) is 39.0. The van der Waals surface area contributed by atoms with E-state index in [2.05, 4.69) is 4.98 Å². The van der Waals surface area contributed by atoms with Gasteiger partial charge in [-0.05, 0) is 37.8 Å². The number of hydrogen-bond acceptors (Lipinski definition) is 4. The van der Waals surface area contributed by atoms with Crippen LogP contribution < -0.4 is 0 Å². The highest BCUT2D eigenvalue weighted by molar-refractivity contribution is 5.75. The molecule has 2 aliphatic rings. The van der Waals surface area contributed by atoms with Gasteiger partial charge < -0.3 is 9.84 Å². The maximum absolute atomic E-state index is 11.9. The molecule has 116 valence electrons. The Labute approximate surface area is 138 Å². The van der Waals surface area contributed by atoms with Crippen LogP contribution in [0.5, 0.6) is 0 Å². The average Bonchev–Trinajstić information content (AvgIpc) is 2.69. The Morgan fingerprint density at radius 3 is 2.82 bits per heavy atom. The molecule has 5 nitrogen and oxygen atoms in total. The summed E-state index contributed by atoms with van der Waals surface area (Å²) in [5.74, 6) is -3.10. The van der Waals surface area contributed by atoms with E-state index in [1.165, 1.54) is 12.3 Å². The van der Waals surface area contributed by atoms with Gasteiger partial charge in [0.25, 0.3) is 0 Å². The van der Waals surface area contributed by atoms with Crippen LogP contribution in [-0.4, -0.2) is 28.2 Å². The highest BCUT2D eigenvalue weighted by Gasteiger charge is 2.54. The molecule has 0 radical (unpaired) electrons. The van der Waals surface area contributed by atoms with E-state index in [1.807, 2.05) is 0 Å². The average molecular weight is 306 g/mol. The second-order valence-electron chi connectivity index (χ2n) is 5.76. The second-order valence-corrected chi connectivity index (χ2v) is 5.76. The molecule has 1 saturated carbocycles. The number of aliphatic carboxylic acids is 1. The Balaban J connectivity index is 2.20. The van der Waals surface area contributed by atoms with Crippen molar-refractivity contribution in [3.63, 3.8) is 0 Å². The van der Waals surface area contributed by atoms with Gasteiger partial charge in [-0.25, -0.2) is 0 Å². The first kappa shape index (κ1) is 9.26. The predicted octanol–water partition coefficient (Wildman–Crippen LogP) is 2.67.